The Hall–Kier alpha value is -0.340. The standard InChI is InChI=1S/C15H25N3OS.HI/c1-5-16-13(18-11-9-14(11,2)3)17-10-15(4,19)12-7-6-8-20-12;/h6-8,11,19H,5,9-10H2,1-4H3,(H2,16,17,18);1H. The molecule has 21 heavy (non-hydrogen) atoms. The summed E-state index contributed by atoms with van der Waals surface area (Å²) >= 11 is 1.56. The van der Waals surface area contributed by atoms with Crippen LogP contribution in [-0.4, -0.2) is 30.2 Å². The molecule has 0 saturated heterocycles. The Morgan fingerprint density at radius 2 is 2.24 bits per heavy atom. The third kappa shape index (κ3) is 5.10. The van der Waals surface area contributed by atoms with Crippen LogP contribution in [0.1, 0.15) is 39.0 Å². The van der Waals surface area contributed by atoms with Gasteiger partial charge in [0.25, 0.3) is 0 Å². The zero-order chi connectivity index (χ0) is 14.8. The fourth-order valence-corrected chi connectivity index (χ4v) is 2.87. The number of rotatable bonds is 5. The van der Waals surface area contributed by atoms with Crippen LogP contribution < -0.4 is 10.6 Å². The number of hydrogen-bond acceptors (Lipinski definition) is 3. The van der Waals surface area contributed by atoms with E-state index in [0.717, 1.165) is 17.4 Å². The van der Waals surface area contributed by atoms with Crippen LogP contribution in [0, 0.1) is 5.41 Å². The van der Waals surface area contributed by atoms with E-state index in [9.17, 15) is 5.11 Å². The summed E-state index contributed by atoms with van der Waals surface area (Å²) in [6.07, 6.45) is 1.17. The fraction of sp³-hybridized carbons (Fsp3) is 0.667. The highest BCUT2D eigenvalue weighted by Crippen LogP contribution is 2.44. The molecule has 2 atom stereocenters. The van der Waals surface area contributed by atoms with Gasteiger partial charge in [-0.2, -0.15) is 0 Å². The summed E-state index contributed by atoms with van der Waals surface area (Å²) < 4.78 is 0. The molecule has 1 aromatic rings. The number of halogens is 1. The highest BCUT2D eigenvalue weighted by Gasteiger charge is 2.46. The van der Waals surface area contributed by atoms with Crippen LogP contribution in [0.15, 0.2) is 22.5 Å². The lowest BCUT2D eigenvalue weighted by Crippen LogP contribution is -2.41. The quantitative estimate of drug-likeness (QED) is 0.388. The van der Waals surface area contributed by atoms with Crippen molar-refractivity contribution in [2.75, 3.05) is 13.1 Å². The lowest BCUT2D eigenvalue weighted by molar-refractivity contribution is 0.0711. The first-order valence-corrected chi connectivity index (χ1v) is 8.04. The topological polar surface area (TPSA) is 56.7 Å². The normalized spacial score (nSPS) is 22.9. The van der Waals surface area contributed by atoms with Gasteiger partial charge in [0.2, 0.25) is 0 Å². The Bertz CT molecular complexity index is 471. The van der Waals surface area contributed by atoms with E-state index in [1.807, 2.05) is 31.4 Å². The van der Waals surface area contributed by atoms with E-state index in [1.165, 1.54) is 6.42 Å². The van der Waals surface area contributed by atoms with Crippen molar-refractivity contribution in [1.29, 1.82) is 0 Å². The van der Waals surface area contributed by atoms with E-state index in [1.54, 1.807) is 11.3 Å². The van der Waals surface area contributed by atoms with E-state index in [0.29, 0.717) is 18.0 Å². The predicted octanol–water partition coefficient (Wildman–Crippen LogP) is 2.93. The molecule has 0 amide bonds. The molecule has 1 aliphatic rings. The fourth-order valence-electron chi connectivity index (χ4n) is 2.09. The molecule has 6 heteroatoms. The zero-order valence-corrected chi connectivity index (χ0v) is 16.3. The van der Waals surface area contributed by atoms with Crippen molar-refractivity contribution >= 4 is 41.3 Å². The van der Waals surface area contributed by atoms with Crippen molar-refractivity contribution in [3.63, 3.8) is 0 Å². The zero-order valence-electron chi connectivity index (χ0n) is 13.1. The number of nitrogens with one attached hydrogen (secondary N) is 2. The monoisotopic (exact) mass is 423 g/mol. The molecule has 2 rings (SSSR count). The minimum atomic E-state index is -0.907. The van der Waals surface area contributed by atoms with Crippen LogP contribution >= 0.6 is 35.3 Å². The van der Waals surface area contributed by atoms with E-state index in [2.05, 4.69) is 29.5 Å². The molecule has 1 aromatic heterocycles. The third-order valence-corrected chi connectivity index (χ3v) is 4.89. The van der Waals surface area contributed by atoms with Gasteiger partial charge in [0.05, 0.1) is 6.54 Å². The maximum absolute atomic E-state index is 10.5. The summed E-state index contributed by atoms with van der Waals surface area (Å²) in [5, 5.41) is 19.1. The molecule has 0 aliphatic heterocycles. The molecule has 0 bridgehead atoms. The number of guanidine groups is 1. The Morgan fingerprint density at radius 3 is 2.71 bits per heavy atom. The molecule has 4 nitrogen and oxygen atoms in total. The van der Waals surface area contributed by atoms with E-state index in [4.69, 9.17) is 0 Å². The predicted molar refractivity (Wildman–Crippen MR) is 101 cm³/mol. The van der Waals surface area contributed by atoms with Gasteiger partial charge >= 0.3 is 0 Å². The average Bonchev–Trinajstić information content (AvgIpc) is 2.84. The highest BCUT2D eigenvalue weighted by molar-refractivity contribution is 14.0. The molecule has 1 aliphatic carbocycles. The third-order valence-electron chi connectivity index (χ3n) is 3.77. The molecule has 120 valence electrons. The first-order chi connectivity index (χ1) is 9.35. The van der Waals surface area contributed by atoms with E-state index < -0.39 is 5.60 Å². The summed E-state index contributed by atoms with van der Waals surface area (Å²) in [6, 6.07) is 4.38. The van der Waals surface area contributed by atoms with Gasteiger partial charge in [0, 0.05) is 17.5 Å². The van der Waals surface area contributed by atoms with Crippen molar-refractivity contribution in [2.24, 2.45) is 10.4 Å². The minimum Gasteiger partial charge on any atom is -0.383 e. The molecule has 3 N–H and O–H groups in total. The van der Waals surface area contributed by atoms with Crippen molar-refractivity contribution in [1.82, 2.24) is 10.6 Å². The van der Waals surface area contributed by atoms with Crippen LogP contribution in [0.5, 0.6) is 0 Å². The van der Waals surface area contributed by atoms with Gasteiger partial charge in [0.1, 0.15) is 5.60 Å². The van der Waals surface area contributed by atoms with Crippen LogP contribution in [0.2, 0.25) is 0 Å². The molecule has 0 aromatic carbocycles. The number of hydrogen-bond donors (Lipinski definition) is 3. The lowest BCUT2D eigenvalue weighted by Gasteiger charge is -2.21. The van der Waals surface area contributed by atoms with Crippen LogP contribution in [-0.2, 0) is 5.60 Å². The van der Waals surface area contributed by atoms with Gasteiger partial charge in [-0.1, -0.05) is 19.9 Å². The molecular weight excluding hydrogens is 397 g/mol. The van der Waals surface area contributed by atoms with Crippen molar-refractivity contribution in [2.45, 2.75) is 45.8 Å². The Labute approximate surface area is 148 Å². The first-order valence-electron chi connectivity index (χ1n) is 7.16. The second-order valence-corrected chi connectivity index (χ2v) is 7.28. The Kier molecular flexibility index (Phi) is 6.49. The van der Waals surface area contributed by atoms with Crippen molar-refractivity contribution in [3.05, 3.63) is 22.4 Å². The summed E-state index contributed by atoms with van der Waals surface area (Å²) in [7, 11) is 0. The summed E-state index contributed by atoms with van der Waals surface area (Å²) in [5.74, 6) is 0.792. The first kappa shape index (κ1) is 18.7. The molecule has 1 fully saturated rings. The van der Waals surface area contributed by atoms with Gasteiger partial charge in [-0.25, -0.2) is 4.99 Å². The van der Waals surface area contributed by atoms with Gasteiger partial charge < -0.3 is 15.7 Å². The highest BCUT2D eigenvalue weighted by atomic mass is 127. The van der Waals surface area contributed by atoms with Gasteiger partial charge in [-0.3, -0.25) is 0 Å². The Morgan fingerprint density at radius 1 is 1.57 bits per heavy atom. The molecule has 1 heterocycles. The molecule has 1 saturated carbocycles. The minimum absolute atomic E-state index is 0. The summed E-state index contributed by atoms with van der Waals surface area (Å²) in [5.41, 5.74) is -0.554. The summed E-state index contributed by atoms with van der Waals surface area (Å²) in [4.78, 5) is 5.49. The van der Waals surface area contributed by atoms with Gasteiger partial charge in [0.15, 0.2) is 5.96 Å². The number of thiophene rings is 1. The molecular formula is C15H26IN3OS. The van der Waals surface area contributed by atoms with E-state index in [-0.39, 0.29) is 24.0 Å². The SMILES string of the molecule is CCNC(=NCC(C)(O)c1cccs1)NC1CC1(C)C.I. The maximum atomic E-state index is 10.5. The van der Waals surface area contributed by atoms with Crippen LogP contribution in [0.25, 0.3) is 0 Å². The summed E-state index contributed by atoms with van der Waals surface area (Å²) in [6.45, 7) is 9.53. The molecule has 0 radical (unpaired) electrons. The Balaban J connectivity index is 0.00000220. The molecule has 0 spiro atoms. The average molecular weight is 423 g/mol. The second kappa shape index (κ2) is 7.28. The van der Waals surface area contributed by atoms with Gasteiger partial charge in [-0.05, 0) is 37.1 Å². The van der Waals surface area contributed by atoms with Crippen molar-refractivity contribution < 1.29 is 5.11 Å². The van der Waals surface area contributed by atoms with E-state index >= 15 is 0 Å². The van der Waals surface area contributed by atoms with Gasteiger partial charge in [-0.15, -0.1) is 35.3 Å². The van der Waals surface area contributed by atoms with Crippen LogP contribution in [0.3, 0.4) is 0 Å². The number of aliphatic hydroxyl groups is 1. The lowest BCUT2D eigenvalue weighted by atomic mass is 10.1. The number of aliphatic imine (C=N–C) groups is 1. The largest absolute Gasteiger partial charge is 0.383 e. The van der Waals surface area contributed by atoms with Crippen LogP contribution in [0.4, 0.5) is 0 Å². The number of nitrogens with zero attached hydrogens (tertiary/aromatic N) is 1. The molecule has 2 unspecified atom stereocenters. The smallest absolute Gasteiger partial charge is 0.191 e. The van der Waals surface area contributed by atoms with Crippen molar-refractivity contribution in [3.8, 4) is 0 Å². The second-order valence-electron chi connectivity index (χ2n) is 6.34. The maximum Gasteiger partial charge on any atom is 0.191 e.